The van der Waals surface area contributed by atoms with Crippen LogP contribution in [0.5, 0.6) is 0 Å². The van der Waals surface area contributed by atoms with E-state index in [-0.39, 0.29) is 12.6 Å². The highest BCUT2D eigenvalue weighted by atomic mass is 19.1. The number of nitrogens with one attached hydrogen (secondary N) is 2. The molecule has 1 aliphatic heterocycles. The van der Waals surface area contributed by atoms with E-state index in [0.29, 0.717) is 22.6 Å². The van der Waals surface area contributed by atoms with E-state index in [9.17, 15) is 13.2 Å². The molecule has 0 saturated carbocycles. The van der Waals surface area contributed by atoms with Crippen molar-refractivity contribution in [2.45, 2.75) is 31.3 Å². The Kier molecular flexibility index (Phi) is 4.64. The van der Waals surface area contributed by atoms with Gasteiger partial charge in [0.25, 0.3) is 0 Å². The number of anilines is 1. The Balaban J connectivity index is 1.72. The van der Waals surface area contributed by atoms with Gasteiger partial charge in [0.1, 0.15) is 29.5 Å². The molecular formula is C21H20F3N3. The molecule has 0 spiro atoms. The standard InChI is InChI=1S/C21H20F3N3/c1-25-21-16-9-13(15-8-7-14(22)11-17(15)23)10-18(24)19(16)26-20(27-21)12-5-3-2-4-6-12/h2-3,5,7,9-11,15,20,26H,4,6,8H2,1H3,(H,25,27). The van der Waals surface area contributed by atoms with Crippen molar-refractivity contribution in [3.05, 3.63) is 76.7 Å². The van der Waals surface area contributed by atoms with E-state index in [2.05, 4.69) is 21.7 Å². The Labute approximate surface area is 156 Å². The number of amidine groups is 1. The van der Waals surface area contributed by atoms with Gasteiger partial charge in [-0.3, -0.25) is 0 Å². The molecule has 0 aromatic heterocycles. The predicted molar refractivity (Wildman–Crippen MR) is 102 cm³/mol. The molecule has 0 radical (unpaired) electrons. The first-order valence-corrected chi connectivity index (χ1v) is 9.01. The zero-order valence-corrected chi connectivity index (χ0v) is 14.9. The molecule has 6 heteroatoms. The lowest BCUT2D eigenvalue weighted by Gasteiger charge is -2.29. The van der Waals surface area contributed by atoms with Crippen molar-refractivity contribution in [1.29, 1.82) is 0 Å². The van der Waals surface area contributed by atoms with Gasteiger partial charge < -0.3 is 10.6 Å². The number of allylic oxidation sites excluding steroid dienone is 7. The molecule has 2 aliphatic carbocycles. The SMILES string of the molecule is CNC1=NC(C2=CC=CCC2)Nc2c(F)cc(C3CC=C(F)C=C3F)cc21. The van der Waals surface area contributed by atoms with Crippen molar-refractivity contribution in [1.82, 2.24) is 5.32 Å². The molecule has 27 heavy (non-hydrogen) atoms. The van der Waals surface area contributed by atoms with Crippen LogP contribution in [0.25, 0.3) is 0 Å². The van der Waals surface area contributed by atoms with Crippen LogP contribution < -0.4 is 10.6 Å². The largest absolute Gasteiger partial charge is 0.373 e. The van der Waals surface area contributed by atoms with Crippen molar-refractivity contribution in [3.63, 3.8) is 0 Å². The number of fused-ring (bicyclic) bond motifs is 1. The lowest BCUT2D eigenvalue weighted by molar-refractivity contribution is 0.517. The maximum atomic E-state index is 14.9. The molecule has 2 atom stereocenters. The minimum Gasteiger partial charge on any atom is -0.373 e. The summed E-state index contributed by atoms with van der Waals surface area (Å²) < 4.78 is 42.4. The van der Waals surface area contributed by atoms with Crippen molar-refractivity contribution in [3.8, 4) is 0 Å². The molecule has 3 aliphatic rings. The second-order valence-electron chi connectivity index (χ2n) is 6.81. The van der Waals surface area contributed by atoms with Gasteiger partial charge in [0.2, 0.25) is 0 Å². The Hall–Kier alpha value is -2.76. The van der Waals surface area contributed by atoms with Gasteiger partial charge in [-0.1, -0.05) is 18.2 Å². The third-order valence-corrected chi connectivity index (χ3v) is 5.10. The van der Waals surface area contributed by atoms with E-state index < -0.39 is 23.4 Å². The first-order chi connectivity index (χ1) is 13.1. The van der Waals surface area contributed by atoms with Crippen LogP contribution >= 0.6 is 0 Å². The average molecular weight is 371 g/mol. The molecular weight excluding hydrogens is 351 g/mol. The van der Waals surface area contributed by atoms with E-state index in [1.165, 1.54) is 12.1 Å². The summed E-state index contributed by atoms with van der Waals surface area (Å²) in [5, 5.41) is 6.19. The van der Waals surface area contributed by atoms with Crippen LogP contribution in [0.3, 0.4) is 0 Å². The van der Waals surface area contributed by atoms with E-state index in [4.69, 9.17) is 0 Å². The van der Waals surface area contributed by atoms with Gasteiger partial charge in [-0.2, -0.15) is 0 Å². The molecule has 2 N–H and O–H groups in total. The molecule has 4 rings (SSSR count). The minimum absolute atomic E-state index is 0.160. The summed E-state index contributed by atoms with van der Waals surface area (Å²) in [5.41, 5.74) is 2.45. The summed E-state index contributed by atoms with van der Waals surface area (Å²) in [6.45, 7) is 0. The normalized spacial score (nSPS) is 24.1. The molecule has 0 saturated heterocycles. The molecule has 2 unspecified atom stereocenters. The Bertz CT molecular complexity index is 925. The number of hydrogen-bond donors (Lipinski definition) is 2. The number of nitrogens with zero attached hydrogens (tertiary/aromatic N) is 1. The molecule has 0 amide bonds. The van der Waals surface area contributed by atoms with Crippen molar-refractivity contribution >= 4 is 11.5 Å². The van der Waals surface area contributed by atoms with Crippen LogP contribution in [0.15, 0.2) is 64.7 Å². The van der Waals surface area contributed by atoms with Gasteiger partial charge in [0, 0.05) is 24.6 Å². The molecule has 1 aromatic carbocycles. The quantitative estimate of drug-likeness (QED) is 0.766. The highest BCUT2D eigenvalue weighted by molar-refractivity contribution is 6.05. The molecule has 1 aromatic rings. The van der Waals surface area contributed by atoms with E-state index in [1.54, 1.807) is 13.1 Å². The van der Waals surface area contributed by atoms with Crippen molar-refractivity contribution in [2.24, 2.45) is 4.99 Å². The third kappa shape index (κ3) is 3.31. The maximum Gasteiger partial charge on any atom is 0.147 e. The Morgan fingerprint density at radius 2 is 2.07 bits per heavy atom. The molecule has 3 nitrogen and oxygen atoms in total. The first kappa shape index (κ1) is 17.6. The average Bonchev–Trinajstić information content (AvgIpc) is 2.68. The summed E-state index contributed by atoms with van der Waals surface area (Å²) in [4.78, 5) is 4.67. The van der Waals surface area contributed by atoms with Crippen LogP contribution in [0, 0.1) is 5.82 Å². The predicted octanol–water partition coefficient (Wildman–Crippen LogP) is 5.01. The molecule has 1 heterocycles. The van der Waals surface area contributed by atoms with Gasteiger partial charge in [0.15, 0.2) is 0 Å². The van der Waals surface area contributed by atoms with Crippen molar-refractivity contribution in [2.75, 3.05) is 12.4 Å². The number of benzene rings is 1. The lowest BCUT2D eigenvalue weighted by Crippen LogP contribution is -2.34. The Morgan fingerprint density at radius 3 is 2.78 bits per heavy atom. The highest BCUT2D eigenvalue weighted by Crippen LogP contribution is 2.38. The zero-order valence-electron chi connectivity index (χ0n) is 14.9. The van der Waals surface area contributed by atoms with Crippen LogP contribution in [0.1, 0.15) is 36.3 Å². The monoisotopic (exact) mass is 371 g/mol. The van der Waals surface area contributed by atoms with Gasteiger partial charge in [-0.15, -0.1) is 0 Å². The molecule has 0 bridgehead atoms. The first-order valence-electron chi connectivity index (χ1n) is 9.01. The van der Waals surface area contributed by atoms with Crippen LogP contribution in [-0.4, -0.2) is 19.0 Å². The zero-order chi connectivity index (χ0) is 19.0. The van der Waals surface area contributed by atoms with Crippen molar-refractivity contribution < 1.29 is 13.2 Å². The smallest absolute Gasteiger partial charge is 0.147 e. The molecule has 0 fully saturated rings. The summed E-state index contributed by atoms with van der Waals surface area (Å²) in [5.74, 6) is -1.81. The summed E-state index contributed by atoms with van der Waals surface area (Å²) in [7, 11) is 1.73. The van der Waals surface area contributed by atoms with Crippen LogP contribution in [0.4, 0.5) is 18.9 Å². The van der Waals surface area contributed by atoms with E-state index >= 15 is 0 Å². The number of halogens is 3. The second-order valence-corrected chi connectivity index (χ2v) is 6.81. The number of hydrogen-bond acceptors (Lipinski definition) is 3. The summed E-state index contributed by atoms with van der Waals surface area (Å²) in [6, 6.07) is 3.05. The second kappa shape index (κ2) is 7.10. The fraction of sp³-hybridized carbons (Fsp3) is 0.286. The highest BCUT2D eigenvalue weighted by Gasteiger charge is 2.28. The summed E-state index contributed by atoms with van der Waals surface area (Å²) >= 11 is 0. The number of aliphatic imine (C=N–C) groups is 1. The van der Waals surface area contributed by atoms with E-state index in [0.717, 1.165) is 24.5 Å². The van der Waals surface area contributed by atoms with Gasteiger partial charge in [0.05, 0.1) is 5.69 Å². The third-order valence-electron chi connectivity index (χ3n) is 5.10. The maximum absolute atomic E-state index is 14.9. The van der Waals surface area contributed by atoms with E-state index in [1.807, 2.05) is 12.2 Å². The fourth-order valence-corrected chi connectivity index (χ4v) is 3.68. The van der Waals surface area contributed by atoms with Crippen LogP contribution in [0.2, 0.25) is 0 Å². The summed E-state index contributed by atoms with van der Waals surface area (Å²) in [6.07, 6.45) is 9.85. The van der Waals surface area contributed by atoms with Gasteiger partial charge in [-0.05, 0) is 48.6 Å². The van der Waals surface area contributed by atoms with Crippen LogP contribution in [-0.2, 0) is 0 Å². The van der Waals surface area contributed by atoms with Gasteiger partial charge >= 0.3 is 0 Å². The lowest BCUT2D eigenvalue weighted by atomic mass is 9.89. The molecule has 140 valence electrons. The fourth-order valence-electron chi connectivity index (χ4n) is 3.68. The number of rotatable bonds is 2. The topological polar surface area (TPSA) is 36.4 Å². The minimum atomic E-state index is -0.689. The Morgan fingerprint density at radius 1 is 1.22 bits per heavy atom. The van der Waals surface area contributed by atoms with Gasteiger partial charge in [-0.25, -0.2) is 18.2 Å².